The number of hydrogen-bond donors (Lipinski definition) is 2. The maximum absolute atomic E-state index is 9.78. The maximum atomic E-state index is 9.78. The van der Waals surface area contributed by atoms with Crippen LogP contribution in [0, 0.1) is 0 Å². The average molecular weight is 437 g/mol. The van der Waals surface area contributed by atoms with Gasteiger partial charge in [0.05, 0.1) is 12.7 Å². The van der Waals surface area contributed by atoms with Gasteiger partial charge in [-0.3, -0.25) is 0 Å². The molecule has 0 aromatic carbocycles. The molecule has 1 aliphatic carbocycles. The summed E-state index contributed by atoms with van der Waals surface area (Å²) in [6, 6.07) is 4.48. The van der Waals surface area contributed by atoms with Gasteiger partial charge in [-0.25, -0.2) is 4.52 Å². The lowest BCUT2D eigenvalue weighted by Crippen LogP contribution is -2.33. The number of aliphatic hydroxyl groups is 1. The molecule has 2 aromatic rings. The first-order chi connectivity index (χ1) is 14.4. The van der Waals surface area contributed by atoms with Gasteiger partial charge in [-0.2, -0.15) is 4.98 Å². The van der Waals surface area contributed by atoms with Crippen LogP contribution in [0.15, 0.2) is 12.1 Å². The van der Waals surface area contributed by atoms with Crippen LogP contribution < -0.4 is 5.32 Å². The molecule has 0 radical (unpaired) electrons. The van der Waals surface area contributed by atoms with Crippen molar-refractivity contribution >= 4 is 22.9 Å². The van der Waals surface area contributed by atoms with Crippen molar-refractivity contribution in [1.82, 2.24) is 14.6 Å². The Balaban J connectivity index is 1.46. The average Bonchev–Trinajstić information content (AvgIpc) is 3.44. The monoisotopic (exact) mass is 436 g/mol. The first-order valence-electron chi connectivity index (χ1n) is 10.8. The molecule has 0 amide bonds. The lowest BCUT2D eigenvalue weighted by Gasteiger charge is -2.27. The molecule has 3 aliphatic rings. The number of nitrogens with zero attached hydrogens (tertiary/aromatic N) is 3. The highest BCUT2D eigenvalue weighted by molar-refractivity contribution is 6.28. The quantitative estimate of drug-likeness (QED) is 0.744. The van der Waals surface area contributed by atoms with Gasteiger partial charge in [0.1, 0.15) is 23.8 Å². The third-order valence-corrected chi connectivity index (χ3v) is 6.70. The predicted octanol–water partition coefficient (Wildman–Crippen LogP) is 3.12. The van der Waals surface area contributed by atoms with E-state index in [2.05, 4.69) is 22.3 Å². The van der Waals surface area contributed by atoms with Gasteiger partial charge < -0.3 is 24.6 Å². The van der Waals surface area contributed by atoms with E-state index in [0.717, 1.165) is 29.9 Å². The summed E-state index contributed by atoms with van der Waals surface area (Å²) in [5.41, 5.74) is 1.85. The topological polar surface area (TPSA) is 90.1 Å². The fourth-order valence-electron chi connectivity index (χ4n) is 5.14. The van der Waals surface area contributed by atoms with Crippen LogP contribution in [0.1, 0.15) is 58.1 Å². The number of fused-ring (bicyclic) bond motifs is 2. The van der Waals surface area contributed by atoms with Crippen molar-refractivity contribution in [3.8, 4) is 0 Å². The van der Waals surface area contributed by atoms with Gasteiger partial charge in [0.15, 0.2) is 11.6 Å². The molecule has 0 bridgehead atoms. The van der Waals surface area contributed by atoms with E-state index in [-0.39, 0.29) is 36.1 Å². The second-order valence-electron chi connectivity index (χ2n) is 9.09. The number of aromatic nitrogens is 3. The summed E-state index contributed by atoms with van der Waals surface area (Å²) in [7, 11) is 0. The molecule has 1 unspecified atom stereocenters. The minimum atomic E-state index is -0.699. The Morgan fingerprint density at radius 2 is 2.00 bits per heavy atom. The molecule has 30 heavy (non-hydrogen) atoms. The van der Waals surface area contributed by atoms with Gasteiger partial charge in [0, 0.05) is 17.7 Å². The third kappa shape index (κ3) is 3.48. The molecule has 4 heterocycles. The van der Waals surface area contributed by atoms with E-state index in [1.54, 1.807) is 0 Å². The lowest BCUT2D eigenvalue weighted by atomic mass is 9.95. The van der Waals surface area contributed by atoms with E-state index >= 15 is 0 Å². The molecule has 3 fully saturated rings. The molecule has 5 rings (SSSR count). The number of rotatable bonds is 5. The van der Waals surface area contributed by atoms with Crippen LogP contribution in [0.4, 0.5) is 5.82 Å². The van der Waals surface area contributed by atoms with Crippen LogP contribution in [0.2, 0.25) is 5.28 Å². The Bertz CT molecular complexity index is 929. The Morgan fingerprint density at radius 3 is 2.73 bits per heavy atom. The van der Waals surface area contributed by atoms with E-state index < -0.39 is 11.9 Å². The van der Waals surface area contributed by atoms with Gasteiger partial charge in [-0.1, -0.05) is 19.8 Å². The summed E-state index contributed by atoms with van der Waals surface area (Å²) in [5.74, 6) is 0.00926. The summed E-state index contributed by atoms with van der Waals surface area (Å²) in [5, 5.41) is 18.0. The van der Waals surface area contributed by atoms with Crippen LogP contribution in [-0.4, -0.2) is 62.6 Å². The highest BCUT2D eigenvalue weighted by Crippen LogP contribution is 2.43. The molecule has 2 aliphatic heterocycles. The molecular weight excluding hydrogens is 408 g/mol. The predicted molar refractivity (Wildman–Crippen MR) is 112 cm³/mol. The largest absolute Gasteiger partial charge is 0.394 e. The molecule has 5 atom stereocenters. The zero-order valence-electron chi connectivity index (χ0n) is 17.5. The zero-order valence-corrected chi connectivity index (χ0v) is 18.3. The SMILES string of the molecule is CC(c1ccc2c(NC3CCCC3)nc(Cl)nn12)[C@H]1O[C@H](CO)[C@H]2OC(C)(C)O[C@H]21. The Kier molecular flexibility index (Phi) is 5.18. The van der Waals surface area contributed by atoms with E-state index in [1.807, 2.05) is 30.5 Å². The lowest BCUT2D eigenvalue weighted by molar-refractivity contribution is -0.192. The number of halogens is 1. The molecule has 1 saturated carbocycles. The summed E-state index contributed by atoms with van der Waals surface area (Å²) in [6.07, 6.45) is 3.54. The fraction of sp³-hybridized carbons (Fsp3) is 0.714. The molecule has 164 valence electrons. The van der Waals surface area contributed by atoms with Crippen molar-refractivity contribution in [2.75, 3.05) is 11.9 Å². The minimum Gasteiger partial charge on any atom is -0.394 e. The summed E-state index contributed by atoms with van der Waals surface area (Å²) in [6.45, 7) is 5.75. The summed E-state index contributed by atoms with van der Waals surface area (Å²) in [4.78, 5) is 4.45. The second-order valence-corrected chi connectivity index (χ2v) is 9.42. The molecule has 2 aromatic heterocycles. The van der Waals surface area contributed by atoms with Crippen molar-refractivity contribution in [3.05, 3.63) is 23.1 Å². The highest BCUT2D eigenvalue weighted by atomic mass is 35.5. The zero-order chi connectivity index (χ0) is 21.0. The number of hydrogen-bond acceptors (Lipinski definition) is 7. The standard InChI is InChI=1S/C21H29ClN4O4/c1-11(16-18-17(15(10-27)28-16)29-21(2,3)30-18)13-8-9-14-19(23-12-6-4-5-7-12)24-20(22)25-26(13)14/h8-9,11-12,15-18,27H,4-7,10H2,1-3H3,(H,23,24,25)/t11?,15-,16-,17-,18+/m1/s1. The van der Waals surface area contributed by atoms with Crippen molar-refractivity contribution < 1.29 is 19.3 Å². The first kappa shape index (κ1) is 20.5. The van der Waals surface area contributed by atoms with Gasteiger partial charge in [0.25, 0.3) is 0 Å². The number of ether oxygens (including phenoxy) is 3. The minimum absolute atomic E-state index is 0.0562. The third-order valence-electron chi connectivity index (χ3n) is 6.53. The van der Waals surface area contributed by atoms with E-state index in [1.165, 1.54) is 12.8 Å². The van der Waals surface area contributed by atoms with E-state index in [9.17, 15) is 5.11 Å². The van der Waals surface area contributed by atoms with Crippen LogP contribution in [-0.2, 0) is 14.2 Å². The fourth-order valence-corrected chi connectivity index (χ4v) is 5.30. The second kappa shape index (κ2) is 7.60. The molecule has 2 saturated heterocycles. The highest BCUT2D eigenvalue weighted by Gasteiger charge is 2.56. The van der Waals surface area contributed by atoms with Crippen molar-refractivity contribution in [2.24, 2.45) is 0 Å². The van der Waals surface area contributed by atoms with Gasteiger partial charge >= 0.3 is 0 Å². The van der Waals surface area contributed by atoms with Gasteiger partial charge in [-0.15, -0.1) is 5.10 Å². The Morgan fingerprint density at radius 1 is 1.27 bits per heavy atom. The van der Waals surface area contributed by atoms with E-state index in [0.29, 0.717) is 6.04 Å². The van der Waals surface area contributed by atoms with Crippen molar-refractivity contribution in [2.45, 2.75) is 88.6 Å². The number of anilines is 1. The first-order valence-corrected chi connectivity index (χ1v) is 11.2. The summed E-state index contributed by atoms with van der Waals surface area (Å²) < 4.78 is 20.2. The van der Waals surface area contributed by atoms with Crippen LogP contribution in [0.5, 0.6) is 0 Å². The van der Waals surface area contributed by atoms with Crippen LogP contribution in [0.25, 0.3) is 5.52 Å². The van der Waals surface area contributed by atoms with Crippen molar-refractivity contribution in [1.29, 1.82) is 0 Å². The Labute approximate surface area is 180 Å². The number of aliphatic hydroxyl groups excluding tert-OH is 1. The van der Waals surface area contributed by atoms with Crippen molar-refractivity contribution in [3.63, 3.8) is 0 Å². The smallest absolute Gasteiger partial charge is 0.243 e. The molecule has 0 spiro atoms. The van der Waals surface area contributed by atoms with Crippen LogP contribution in [0.3, 0.4) is 0 Å². The number of nitrogens with one attached hydrogen (secondary N) is 1. The molecule has 8 nitrogen and oxygen atoms in total. The molecular formula is C21H29ClN4O4. The van der Waals surface area contributed by atoms with Gasteiger partial charge in [-0.05, 0) is 50.4 Å². The molecule has 9 heteroatoms. The van der Waals surface area contributed by atoms with Crippen LogP contribution >= 0.6 is 11.6 Å². The maximum Gasteiger partial charge on any atom is 0.243 e. The Hall–Kier alpha value is -1.45. The normalized spacial score (nSPS) is 32.0. The van der Waals surface area contributed by atoms with E-state index in [4.69, 9.17) is 25.8 Å². The molecule has 2 N–H and O–H groups in total. The van der Waals surface area contributed by atoms with Gasteiger partial charge in [0.2, 0.25) is 5.28 Å². The summed E-state index contributed by atoms with van der Waals surface area (Å²) >= 11 is 6.28.